The molecular weight excluding hydrogens is 158 g/mol. The van der Waals surface area contributed by atoms with Gasteiger partial charge in [0, 0.05) is 18.5 Å². The van der Waals surface area contributed by atoms with Gasteiger partial charge in [-0.25, -0.2) is 0 Å². The lowest BCUT2D eigenvalue weighted by atomic mass is 10.3. The van der Waals surface area contributed by atoms with Gasteiger partial charge in [0.2, 0.25) is 0 Å². The molecule has 0 radical (unpaired) electrons. The van der Waals surface area contributed by atoms with Crippen molar-refractivity contribution in [2.24, 2.45) is 0 Å². The van der Waals surface area contributed by atoms with E-state index in [0.717, 1.165) is 6.54 Å². The molecule has 0 aliphatic heterocycles. The number of rotatable bonds is 4. The zero-order chi connectivity index (χ0) is 8.85. The third-order valence-electron chi connectivity index (χ3n) is 1.76. The van der Waals surface area contributed by atoms with Gasteiger partial charge in [-0.05, 0) is 27.8 Å². The van der Waals surface area contributed by atoms with Crippen molar-refractivity contribution in [3.63, 3.8) is 0 Å². The van der Waals surface area contributed by atoms with Gasteiger partial charge in [-0.3, -0.25) is 4.90 Å². The van der Waals surface area contributed by atoms with Crippen LogP contribution in [0.4, 0.5) is 0 Å². The van der Waals surface area contributed by atoms with Crippen LogP contribution in [0.5, 0.6) is 0 Å². The first-order chi connectivity index (χ1) is 5.07. The van der Waals surface area contributed by atoms with Crippen molar-refractivity contribution in [3.8, 4) is 0 Å². The van der Waals surface area contributed by atoms with Crippen LogP contribution in [0.15, 0.2) is 11.6 Å². The lowest BCUT2D eigenvalue weighted by molar-refractivity contribution is 0.305. The molecule has 1 atom stereocenters. The van der Waals surface area contributed by atoms with Crippen molar-refractivity contribution in [2.45, 2.75) is 26.8 Å². The first-order valence-corrected chi connectivity index (χ1v) is 4.51. The first-order valence-electron chi connectivity index (χ1n) is 3.97. The van der Waals surface area contributed by atoms with Crippen LogP contribution in [0.2, 0.25) is 0 Å². The normalized spacial score (nSPS) is 13.3. The average Bonchev–Trinajstić information content (AvgIpc) is 1.98. The van der Waals surface area contributed by atoms with E-state index in [1.54, 1.807) is 0 Å². The van der Waals surface area contributed by atoms with Gasteiger partial charge in [-0.2, -0.15) is 0 Å². The Morgan fingerprint density at radius 3 is 2.45 bits per heavy atom. The van der Waals surface area contributed by atoms with Crippen LogP contribution in [-0.4, -0.2) is 30.4 Å². The van der Waals surface area contributed by atoms with E-state index in [-0.39, 0.29) is 0 Å². The number of nitrogens with zero attached hydrogens (tertiary/aromatic N) is 1. The lowest BCUT2D eigenvalue weighted by Gasteiger charge is -2.20. The smallest absolute Gasteiger partial charge is 0.0376 e. The SMILES string of the molecule is CC(C)=CCN(C)C(C)CCl. The minimum absolute atomic E-state index is 0.465. The summed E-state index contributed by atoms with van der Waals surface area (Å²) in [7, 11) is 2.09. The molecule has 0 fully saturated rings. The van der Waals surface area contributed by atoms with E-state index >= 15 is 0 Å². The molecule has 0 saturated heterocycles. The molecular formula is C9H18ClN. The van der Waals surface area contributed by atoms with Crippen molar-refractivity contribution < 1.29 is 0 Å². The minimum atomic E-state index is 0.465. The molecule has 0 rings (SSSR count). The maximum absolute atomic E-state index is 5.70. The molecule has 0 heterocycles. The topological polar surface area (TPSA) is 3.24 Å². The van der Waals surface area contributed by atoms with E-state index < -0.39 is 0 Å². The van der Waals surface area contributed by atoms with Gasteiger partial charge < -0.3 is 0 Å². The number of halogens is 1. The highest BCUT2D eigenvalue weighted by atomic mass is 35.5. The van der Waals surface area contributed by atoms with E-state index in [4.69, 9.17) is 11.6 Å². The molecule has 0 N–H and O–H groups in total. The monoisotopic (exact) mass is 175 g/mol. The first kappa shape index (κ1) is 11.0. The Hall–Kier alpha value is -0.0100. The molecule has 2 heteroatoms. The van der Waals surface area contributed by atoms with E-state index in [9.17, 15) is 0 Å². The minimum Gasteiger partial charge on any atom is -0.299 e. The summed E-state index contributed by atoms with van der Waals surface area (Å²) in [5, 5.41) is 0. The number of hydrogen-bond acceptors (Lipinski definition) is 1. The number of hydrogen-bond donors (Lipinski definition) is 0. The molecule has 0 aromatic heterocycles. The van der Waals surface area contributed by atoms with Crippen molar-refractivity contribution in [3.05, 3.63) is 11.6 Å². The summed E-state index contributed by atoms with van der Waals surface area (Å²) in [5.41, 5.74) is 1.36. The fourth-order valence-corrected chi connectivity index (χ4v) is 0.860. The van der Waals surface area contributed by atoms with Gasteiger partial charge in [0.1, 0.15) is 0 Å². The molecule has 0 aliphatic rings. The van der Waals surface area contributed by atoms with Crippen LogP contribution in [0.3, 0.4) is 0 Å². The van der Waals surface area contributed by atoms with Gasteiger partial charge in [-0.1, -0.05) is 11.6 Å². The summed E-state index contributed by atoms with van der Waals surface area (Å²) in [5.74, 6) is 0.701. The van der Waals surface area contributed by atoms with Crippen LogP contribution in [0.25, 0.3) is 0 Å². The summed E-state index contributed by atoms with van der Waals surface area (Å²) < 4.78 is 0. The Kier molecular flexibility index (Phi) is 5.61. The fraction of sp³-hybridized carbons (Fsp3) is 0.778. The van der Waals surface area contributed by atoms with E-state index in [2.05, 4.69) is 38.8 Å². The molecule has 1 nitrogen and oxygen atoms in total. The summed E-state index contributed by atoms with van der Waals surface area (Å²) in [6.45, 7) is 7.35. The highest BCUT2D eigenvalue weighted by molar-refractivity contribution is 6.18. The highest BCUT2D eigenvalue weighted by Gasteiger charge is 2.04. The second-order valence-corrected chi connectivity index (χ2v) is 3.53. The number of alkyl halides is 1. The van der Waals surface area contributed by atoms with Crippen LogP contribution < -0.4 is 0 Å². The van der Waals surface area contributed by atoms with Gasteiger partial charge >= 0.3 is 0 Å². The standard InChI is InChI=1S/C9H18ClN/c1-8(2)5-6-11(4)9(3)7-10/h5,9H,6-7H2,1-4H3. The zero-order valence-electron chi connectivity index (χ0n) is 7.89. The van der Waals surface area contributed by atoms with E-state index in [0.29, 0.717) is 11.9 Å². The van der Waals surface area contributed by atoms with Crippen LogP contribution >= 0.6 is 11.6 Å². The Labute approximate surface area is 75.0 Å². The van der Waals surface area contributed by atoms with Crippen molar-refractivity contribution in [1.82, 2.24) is 4.90 Å². The zero-order valence-corrected chi connectivity index (χ0v) is 8.65. The van der Waals surface area contributed by atoms with Gasteiger partial charge in [0.15, 0.2) is 0 Å². The second kappa shape index (κ2) is 5.62. The fourth-order valence-electron chi connectivity index (χ4n) is 0.624. The molecule has 1 unspecified atom stereocenters. The third kappa shape index (κ3) is 5.28. The molecule has 0 spiro atoms. The van der Waals surface area contributed by atoms with Crippen molar-refractivity contribution in [2.75, 3.05) is 19.5 Å². The molecule has 0 amide bonds. The molecule has 66 valence electrons. The number of likely N-dealkylation sites (N-methyl/N-ethyl adjacent to an activating group) is 1. The van der Waals surface area contributed by atoms with Crippen LogP contribution in [-0.2, 0) is 0 Å². The van der Waals surface area contributed by atoms with Gasteiger partial charge in [0.05, 0.1) is 0 Å². The molecule has 0 aromatic rings. The number of allylic oxidation sites excluding steroid dienone is 1. The Bertz CT molecular complexity index is 128. The predicted molar refractivity (Wildman–Crippen MR) is 52.2 cm³/mol. The third-order valence-corrected chi connectivity index (χ3v) is 2.21. The molecule has 0 aromatic carbocycles. The Balaban J connectivity index is 3.68. The highest BCUT2D eigenvalue weighted by Crippen LogP contribution is 1.99. The van der Waals surface area contributed by atoms with Crippen molar-refractivity contribution in [1.29, 1.82) is 0 Å². The lowest BCUT2D eigenvalue weighted by Crippen LogP contribution is -2.30. The molecule has 0 aliphatic carbocycles. The Morgan fingerprint density at radius 2 is 2.09 bits per heavy atom. The molecule has 0 saturated carbocycles. The van der Waals surface area contributed by atoms with Crippen LogP contribution in [0.1, 0.15) is 20.8 Å². The maximum Gasteiger partial charge on any atom is 0.0376 e. The summed E-state index contributed by atoms with van der Waals surface area (Å²) >= 11 is 5.70. The largest absolute Gasteiger partial charge is 0.299 e. The van der Waals surface area contributed by atoms with Gasteiger partial charge in [-0.15, -0.1) is 11.6 Å². The van der Waals surface area contributed by atoms with E-state index in [1.165, 1.54) is 5.57 Å². The predicted octanol–water partition coefficient (Wildman–Crippen LogP) is 2.51. The molecule has 0 bridgehead atoms. The quantitative estimate of drug-likeness (QED) is 0.469. The Morgan fingerprint density at radius 1 is 1.55 bits per heavy atom. The molecule has 11 heavy (non-hydrogen) atoms. The maximum atomic E-state index is 5.70. The summed E-state index contributed by atoms with van der Waals surface area (Å²) in [6.07, 6.45) is 2.21. The van der Waals surface area contributed by atoms with Crippen LogP contribution in [0, 0.1) is 0 Å². The van der Waals surface area contributed by atoms with Gasteiger partial charge in [0.25, 0.3) is 0 Å². The average molecular weight is 176 g/mol. The summed E-state index contributed by atoms with van der Waals surface area (Å²) in [4.78, 5) is 2.24. The van der Waals surface area contributed by atoms with Crippen molar-refractivity contribution >= 4 is 11.6 Å². The second-order valence-electron chi connectivity index (χ2n) is 3.22. The van der Waals surface area contributed by atoms with E-state index in [1.807, 2.05) is 0 Å². The summed E-state index contributed by atoms with van der Waals surface area (Å²) in [6, 6.07) is 0.465.